The van der Waals surface area contributed by atoms with Gasteiger partial charge in [0.15, 0.2) is 6.29 Å². The minimum atomic E-state index is 0.442. The molecular weight excluding hydrogens is 220 g/mol. The molecule has 0 aromatic carbocycles. The van der Waals surface area contributed by atoms with E-state index in [9.17, 15) is 4.79 Å². The molecule has 0 aliphatic heterocycles. The van der Waals surface area contributed by atoms with E-state index in [1.807, 2.05) is 16.0 Å². The zero-order chi connectivity index (χ0) is 9.97. The van der Waals surface area contributed by atoms with Gasteiger partial charge in [-0.1, -0.05) is 11.6 Å². The number of carbonyl (C=O) groups is 1. The van der Waals surface area contributed by atoms with E-state index >= 15 is 0 Å². The fraction of sp³-hybridized carbons (Fsp3) is 0.111. The first-order valence-corrected chi connectivity index (χ1v) is 5.24. The van der Waals surface area contributed by atoms with Crippen molar-refractivity contribution in [3.8, 4) is 0 Å². The molecule has 0 N–H and O–H groups in total. The molecule has 0 amide bonds. The van der Waals surface area contributed by atoms with E-state index < -0.39 is 0 Å². The third kappa shape index (κ3) is 1.86. The molecule has 2 aromatic rings. The van der Waals surface area contributed by atoms with Crippen LogP contribution in [-0.2, 0) is 6.54 Å². The van der Waals surface area contributed by atoms with Gasteiger partial charge in [0.2, 0.25) is 0 Å². The molecule has 72 valence electrons. The van der Waals surface area contributed by atoms with Crippen molar-refractivity contribution in [1.29, 1.82) is 0 Å². The summed E-state index contributed by atoms with van der Waals surface area (Å²) in [5.41, 5.74) is 0.442. The lowest BCUT2D eigenvalue weighted by molar-refractivity contribution is 0.111. The largest absolute Gasteiger partial charge is 0.331 e. The van der Waals surface area contributed by atoms with Crippen molar-refractivity contribution in [2.75, 3.05) is 0 Å². The van der Waals surface area contributed by atoms with Crippen molar-refractivity contribution >= 4 is 29.2 Å². The van der Waals surface area contributed by atoms with Crippen LogP contribution in [0.1, 0.15) is 15.4 Å². The number of rotatable bonds is 3. The molecule has 5 heteroatoms. The third-order valence-electron chi connectivity index (χ3n) is 1.79. The summed E-state index contributed by atoms with van der Waals surface area (Å²) in [5, 5.41) is 2.70. The van der Waals surface area contributed by atoms with Gasteiger partial charge in [0.25, 0.3) is 0 Å². The lowest BCUT2D eigenvalue weighted by atomic mass is 10.4. The van der Waals surface area contributed by atoms with Crippen molar-refractivity contribution in [2.45, 2.75) is 6.54 Å². The molecule has 0 aliphatic rings. The Hall–Kier alpha value is -1.13. The van der Waals surface area contributed by atoms with E-state index in [2.05, 4.69) is 4.98 Å². The molecule has 2 heterocycles. The van der Waals surface area contributed by atoms with E-state index in [1.165, 1.54) is 0 Å². The summed E-state index contributed by atoms with van der Waals surface area (Å²) in [4.78, 5) is 15.4. The minimum absolute atomic E-state index is 0.442. The molecule has 2 rings (SSSR count). The molecule has 0 atom stereocenters. The maximum atomic E-state index is 10.4. The Morgan fingerprint density at radius 2 is 2.50 bits per heavy atom. The van der Waals surface area contributed by atoms with Crippen LogP contribution in [0.5, 0.6) is 0 Å². The first-order chi connectivity index (χ1) is 6.79. The second-order valence-electron chi connectivity index (χ2n) is 2.78. The Labute approximate surface area is 90.0 Å². The van der Waals surface area contributed by atoms with Crippen LogP contribution < -0.4 is 0 Å². The third-order valence-corrected chi connectivity index (χ3v) is 3.16. The van der Waals surface area contributed by atoms with Crippen LogP contribution >= 0.6 is 22.9 Å². The molecule has 0 saturated heterocycles. The SMILES string of the molecule is O=Cc1cn(Cc2sccc2Cl)cn1. The van der Waals surface area contributed by atoms with E-state index in [0.29, 0.717) is 12.2 Å². The van der Waals surface area contributed by atoms with Gasteiger partial charge in [-0.25, -0.2) is 4.98 Å². The van der Waals surface area contributed by atoms with Gasteiger partial charge in [0.05, 0.1) is 17.9 Å². The quantitative estimate of drug-likeness (QED) is 0.754. The maximum absolute atomic E-state index is 10.4. The molecule has 3 nitrogen and oxygen atoms in total. The Morgan fingerprint density at radius 3 is 3.07 bits per heavy atom. The Kier molecular flexibility index (Phi) is 2.65. The second-order valence-corrected chi connectivity index (χ2v) is 4.19. The summed E-state index contributed by atoms with van der Waals surface area (Å²) in [5.74, 6) is 0. The first-order valence-electron chi connectivity index (χ1n) is 3.98. The number of aldehydes is 1. The second kappa shape index (κ2) is 3.94. The maximum Gasteiger partial charge on any atom is 0.169 e. The predicted molar refractivity (Wildman–Crippen MR) is 56.0 cm³/mol. The average Bonchev–Trinajstić information content (AvgIpc) is 2.77. The Morgan fingerprint density at radius 1 is 1.64 bits per heavy atom. The minimum Gasteiger partial charge on any atom is -0.331 e. The molecule has 2 aromatic heterocycles. The Balaban J connectivity index is 2.18. The van der Waals surface area contributed by atoms with Crippen LogP contribution in [0.25, 0.3) is 0 Å². The van der Waals surface area contributed by atoms with Crippen molar-refractivity contribution in [2.24, 2.45) is 0 Å². The molecule has 0 unspecified atom stereocenters. The lowest BCUT2D eigenvalue weighted by Crippen LogP contribution is -1.94. The molecular formula is C9H7ClN2OS. The van der Waals surface area contributed by atoms with E-state index in [1.54, 1.807) is 23.9 Å². The van der Waals surface area contributed by atoms with Gasteiger partial charge in [-0.3, -0.25) is 4.79 Å². The van der Waals surface area contributed by atoms with Gasteiger partial charge < -0.3 is 4.57 Å². The molecule has 0 spiro atoms. The summed E-state index contributed by atoms with van der Waals surface area (Å²) in [7, 11) is 0. The van der Waals surface area contributed by atoms with Gasteiger partial charge in [-0.05, 0) is 11.4 Å². The highest BCUT2D eigenvalue weighted by molar-refractivity contribution is 7.10. The summed E-state index contributed by atoms with van der Waals surface area (Å²) >= 11 is 7.53. The zero-order valence-corrected chi connectivity index (χ0v) is 8.76. The van der Waals surface area contributed by atoms with Crippen LogP contribution in [0.4, 0.5) is 0 Å². The fourth-order valence-electron chi connectivity index (χ4n) is 1.13. The molecule has 14 heavy (non-hydrogen) atoms. The van der Waals surface area contributed by atoms with Crippen LogP contribution in [0.15, 0.2) is 24.0 Å². The van der Waals surface area contributed by atoms with Crippen molar-refractivity contribution in [3.63, 3.8) is 0 Å². The van der Waals surface area contributed by atoms with E-state index in [-0.39, 0.29) is 0 Å². The van der Waals surface area contributed by atoms with Crippen LogP contribution in [0.2, 0.25) is 5.02 Å². The topological polar surface area (TPSA) is 34.9 Å². The van der Waals surface area contributed by atoms with Crippen molar-refractivity contribution in [3.05, 3.63) is 39.6 Å². The van der Waals surface area contributed by atoms with Crippen LogP contribution in [0.3, 0.4) is 0 Å². The standard InChI is InChI=1S/C9H7ClN2OS/c10-8-1-2-14-9(8)4-12-3-7(5-13)11-6-12/h1-3,5-6H,4H2. The van der Waals surface area contributed by atoms with E-state index in [0.717, 1.165) is 16.2 Å². The number of hydrogen-bond acceptors (Lipinski definition) is 3. The van der Waals surface area contributed by atoms with Crippen LogP contribution in [0, 0.1) is 0 Å². The normalized spacial score (nSPS) is 10.4. The van der Waals surface area contributed by atoms with Crippen molar-refractivity contribution in [1.82, 2.24) is 9.55 Å². The number of aromatic nitrogens is 2. The Bertz CT molecular complexity index is 449. The number of carbonyl (C=O) groups excluding carboxylic acids is 1. The average molecular weight is 227 g/mol. The van der Waals surface area contributed by atoms with E-state index in [4.69, 9.17) is 11.6 Å². The van der Waals surface area contributed by atoms with Gasteiger partial charge in [0.1, 0.15) is 5.69 Å². The van der Waals surface area contributed by atoms with Gasteiger partial charge in [-0.15, -0.1) is 11.3 Å². The summed E-state index contributed by atoms with van der Waals surface area (Å²) in [6, 6.07) is 1.86. The zero-order valence-electron chi connectivity index (χ0n) is 7.18. The first kappa shape index (κ1) is 9.43. The predicted octanol–water partition coefficient (Wildman–Crippen LogP) is 2.46. The summed E-state index contributed by atoms with van der Waals surface area (Å²) in [6.07, 6.45) is 4.05. The highest BCUT2D eigenvalue weighted by atomic mass is 35.5. The fourth-order valence-corrected chi connectivity index (χ4v) is 2.23. The monoisotopic (exact) mass is 226 g/mol. The van der Waals surface area contributed by atoms with Gasteiger partial charge >= 0.3 is 0 Å². The van der Waals surface area contributed by atoms with Gasteiger partial charge in [-0.2, -0.15) is 0 Å². The highest BCUT2D eigenvalue weighted by Gasteiger charge is 2.03. The van der Waals surface area contributed by atoms with Gasteiger partial charge in [0, 0.05) is 11.1 Å². The molecule has 0 saturated carbocycles. The molecule has 0 bridgehead atoms. The van der Waals surface area contributed by atoms with Crippen LogP contribution in [-0.4, -0.2) is 15.8 Å². The lowest BCUT2D eigenvalue weighted by Gasteiger charge is -1.98. The molecule has 0 aliphatic carbocycles. The van der Waals surface area contributed by atoms with Crippen molar-refractivity contribution < 1.29 is 4.79 Å². The number of hydrogen-bond donors (Lipinski definition) is 0. The summed E-state index contributed by atoms with van der Waals surface area (Å²) in [6.45, 7) is 0.664. The smallest absolute Gasteiger partial charge is 0.169 e. The number of imidazole rings is 1. The number of halogens is 1. The molecule has 0 fully saturated rings. The molecule has 0 radical (unpaired) electrons. The highest BCUT2D eigenvalue weighted by Crippen LogP contribution is 2.22. The summed E-state index contributed by atoms with van der Waals surface area (Å²) < 4.78 is 1.83. The number of nitrogens with zero attached hydrogens (tertiary/aromatic N) is 2. The number of thiophene rings is 1.